The van der Waals surface area contributed by atoms with E-state index < -0.39 is 5.97 Å². The number of hydrogen-bond donors (Lipinski definition) is 2. The van der Waals surface area contributed by atoms with Gasteiger partial charge in [0.05, 0.1) is 0 Å². The van der Waals surface area contributed by atoms with Crippen LogP contribution in [-0.2, 0) is 6.42 Å². The predicted octanol–water partition coefficient (Wildman–Crippen LogP) is 0.974. The van der Waals surface area contributed by atoms with E-state index in [0.29, 0.717) is 16.6 Å². The van der Waals surface area contributed by atoms with Crippen molar-refractivity contribution in [3.63, 3.8) is 0 Å². The molecule has 0 aliphatic heterocycles. The van der Waals surface area contributed by atoms with Crippen molar-refractivity contribution in [2.24, 2.45) is 0 Å². The number of likely N-dealkylation sites (N-methyl/N-ethyl adjacent to an activating group) is 1. The Balaban J connectivity index is 2.83. The van der Waals surface area contributed by atoms with Crippen LogP contribution < -0.4 is 0 Å². The molecule has 0 amide bonds. The predicted molar refractivity (Wildman–Crippen MR) is 55.5 cm³/mol. The van der Waals surface area contributed by atoms with Gasteiger partial charge in [-0.25, -0.2) is 4.79 Å². The van der Waals surface area contributed by atoms with Gasteiger partial charge in [0.15, 0.2) is 5.69 Å². The van der Waals surface area contributed by atoms with Crippen molar-refractivity contribution in [3.8, 4) is 0 Å². The van der Waals surface area contributed by atoms with E-state index in [0.717, 1.165) is 6.54 Å². The van der Waals surface area contributed by atoms with Gasteiger partial charge in [-0.15, -0.1) is 0 Å². The van der Waals surface area contributed by atoms with Crippen molar-refractivity contribution in [2.45, 2.75) is 6.42 Å². The van der Waals surface area contributed by atoms with Gasteiger partial charge in [-0.1, -0.05) is 0 Å². The molecular weight excluding hydrogens is 250 g/mol. The molecule has 0 bridgehead atoms. The van der Waals surface area contributed by atoms with Gasteiger partial charge >= 0.3 is 5.97 Å². The van der Waals surface area contributed by atoms with Crippen LogP contribution in [0, 0.1) is 0 Å². The lowest BCUT2D eigenvalue weighted by atomic mass is 10.2. The van der Waals surface area contributed by atoms with Gasteiger partial charge in [-0.05, 0) is 36.4 Å². The van der Waals surface area contributed by atoms with Crippen LogP contribution in [0.5, 0.6) is 0 Å². The molecule has 14 heavy (non-hydrogen) atoms. The minimum atomic E-state index is -0.999. The number of aromatic carboxylic acids is 1. The summed E-state index contributed by atoms with van der Waals surface area (Å²) in [6.45, 7) is 0.790. The van der Waals surface area contributed by atoms with E-state index in [1.54, 1.807) is 0 Å². The zero-order valence-electron chi connectivity index (χ0n) is 8.04. The fraction of sp³-hybridized carbons (Fsp3) is 0.500. The molecule has 0 aromatic carbocycles. The summed E-state index contributed by atoms with van der Waals surface area (Å²) in [6.07, 6.45) is 0.658. The molecule has 78 valence electrons. The second-order valence-electron chi connectivity index (χ2n) is 3.22. The van der Waals surface area contributed by atoms with Crippen molar-refractivity contribution in [1.29, 1.82) is 0 Å². The number of aromatic nitrogens is 2. The highest BCUT2D eigenvalue weighted by molar-refractivity contribution is 9.10. The number of nitrogens with zero attached hydrogens (tertiary/aromatic N) is 2. The fourth-order valence-corrected chi connectivity index (χ4v) is 1.56. The molecule has 0 fully saturated rings. The molecular formula is C8H12BrN3O2. The van der Waals surface area contributed by atoms with E-state index in [2.05, 4.69) is 26.1 Å². The summed E-state index contributed by atoms with van der Waals surface area (Å²) in [5.74, 6) is -0.999. The fourth-order valence-electron chi connectivity index (χ4n) is 1.08. The Labute approximate surface area is 90.2 Å². The molecule has 0 saturated carbocycles. The van der Waals surface area contributed by atoms with Gasteiger partial charge in [0, 0.05) is 12.1 Å². The van der Waals surface area contributed by atoms with Crippen LogP contribution in [0.1, 0.15) is 16.1 Å². The third kappa shape index (κ3) is 2.55. The first kappa shape index (κ1) is 11.2. The topological polar surface area (TPSA) is 69.2 Å². The van der Waals surface area contributed by atoms with Gasteiger partial charge in [0.25, 0.3) is 0 Å². The second kappa shape index (κ2) is 4.56. The highest BCUT2D eigenvalue weighted by atomic mass is 79.9. The van der Waals surface area contributed by atoms with Crippen molar-refractivity contribution >= 4 is 21.9 Å². The molecule has 0 spiro atoms. The number of rotatable bonds is 4. The third-order valence-corrected chi connectivity index (χ3v) is 2.48. The maximum Gasteiger partial charge on any atom is 0.356 e. The summed E-state index contributed by atoms with van der Waals surface area (Å²) in [4.78, 5) is 12.8. The molecule has 2 N–H and O–H groups in total. The highest BCUT2D eigenvalue weighted by Gasteiger charge is 2.16. The van der Waals surface area contributed by atoms with Crippen LogP contribution in [0.3, 0.4) is 0 Å². The molecule has 6 heteroatoms. The largest absolute Gasteiger partial charge is 0.476 e. The number of carboxylic acids is 1. The van der Waals surface area contributed by atoms with E-state index in [-0.39, 0.29) is 5.69 Å². The lowest BCUT2D eigenvalue weighted by molar-refractivity contribution is 0.0689. The Bertz CT molecular complexity index is 335. The van der Waals surface area contributed by atoms with Crippen LogP contribution in [0.15, 0.2) is 4.60 Å². The first-order chi connectivity index (χ1) is 6.52. The van der Waals surface area contributed by atoms with Crippen molar-refractivity contribution in [1.82, 2.24) is 15.1 Å². The maximum atomic E-state index is 10.8. The van der Waals surface area contributed by atoms with Gasteiger partial charge in [-0.2, -0.15) is 5.10 Å². The normalized spacial score (nSPS) is 10.9. The van der Waals surface area contributed by atoms with Crippen LogP contribution in [0.25, 0.3) is 0 Å². The summed E-state index contributed by atoms with van der Waals surface area (Å²) in [5, 5.41) is 15.1. The van der Waals surface area contributed by atoms with Crippen LogP contribution in [0.4, 0.5) is 0 Å². The summed E-state index contributed by atoms with van der Waals surface area (Å²) >= 11 is 3.24. The minimum Gasteiger partial charge on any atom is -0.476 e. The average molecular weight is 262 g/mol. The Hall–Kier alpha value is -0.880. The van der Waals surface area contributed by atoms with E-state index in [4.69, 9.17) is 5.11 Å². The summed E-state index contributed by atoms with van der Waals surface area (Å²) < 4.78 is 0.650. The van der Waals surface area contributed by atoms with E-state index >= 15 is 0 Å². The summed E-state index contributed by atoms with van der Waals surface area (Å²) in [6, 6.07) is 0. The smallest absolute Gasteiger partial charge is 0.356 e. The molecule has 0 aliphatic carbocycles. The Morgan fingerprint density at radius 2 is 2.29 bits per heavy atom. The molecule has 0 radical (unpaired) electrons. The quantitative estimate of drug-likeness (QED) is 0.848. The zero-order valence-corrected chi connectivity index (χ0v) is 9.63. The highest BCUT2D eigenvalue weighted by Crippen LogP contribution is 2.18. The SMILES string of the molecule is CN(C)CCc1c(C(=O)O)n[nH]c1Br. The molecule has 0 unspecified atom stereocenters. The standard InChI is InChI=1S/C8H12BrN3O2/c1-12(2)4-3-5-6(8(13)14)10-11-7(5)9/h3-4H2,1-2H3,(H,10,11)(H,13,14). The van der Waals surface area contributed by atoms with Gasteiger partial charge in [-0.3, -0.25) is 5.10 Å². The number of aromatic amines is 1. The molecule has 1 heterocycles. The average Bonchev–Trinajstić information content (AvgIpc) is 2.43. The third-order valence-electron chi connectivity index (χ3n) is 1.83. The molecule has 1 rings (SSSR count). The second-order valence-corrected chi connectivity index (χ2v) is 4.02. The molecule has 5 nitrogen and oxygen atoms in total. The van der Waals surface area contributed by atoms with Gasteiger partial charge < -0.3 is 10.0 Å². The first-order valence-electron chi connectivity index (χ1n) is 4.13. The zero-order chi connectivity index (χ0) is 10.7. The van der Waals surface area contributed by atoms with E-state index in [1.807, 2.05) is 19.0 Å². The molecule has 1 aromatic rings. The van der Waals surface area contributed by atoms with Crippen molar-refractivity contribution in [2.75, 3.05) is 20.6 Å². The molecule has 0 saturated heterocycles. The number of H-pyrrole nitrogens is 1. The van der Waals surface area contributed by atoms with E-state index in [9.17, 15) is 4.79 Å². The van der Waals surface area contributed by atoms with Crippen LogP contribution >= 0.6 is 15.9 Å². The van der Waals surface area contributed by atoms with Gasteiger partial charge in [0.2, 0.25) is 0 Å². The Morgan fingerprint density at radius 1 is 1.64 bits per heavy atom. The summed E-state index contributed by atoms with van der Waals surface area (Å²) in [7, 11) is 3.88. The summed E-state index contributed by atoms with van der Waals surface area (Å²) in [5.41, 5.74) is 0.810. The minimum absolute atomic E-state index is 0.0960. The monoisotopic (exact) mass is 261 g/mol. The van der Waals surface area contributed by atoms with Gasteiger partial charge in [0.1, 0.15) is 4.60 Å². The van der Waals surface area contributed by atoms with Crippen molar-refractivity contribution < 1.29 is 9.90 Å². The van der Waals surface area contributed by atoms with Crippen molar-refractivity contribution in [3.05, 3.63) is 15.9 Å². The number of hydrogen-bond acceptors (Lipinski definition) is 3. The van der Waals surface area contributed by atoms with Crippen LogP contribution in [0.2, 0.25) is 0 Å². The van der Waals surface area contributed by atoms with E-state index in [1.165, 1.54) is 0 Å². The number of halogens is 1. The van der Waals surface area contributed by atoms with Crippen LogP contribution in [-0.4, -0.2) is 46.8 Å². The Morgan fingerprint density at radius 3 is 2.79 bits per heavy atom. The lowest BCUT2D eigenvalue weighted by Gasteiger charge is -2.08. The maximum absolute atomic E-state index is 10.8. The number of carbonyl (C=O) groups is 1. The molecule has 0 aliphatic rings. The first-order valence-corrected chi connectivity index (χ1v) is 4.92. The Kier molecular flexibility index (Phi) is 3.65. The lowest BCUT2D eigenvalue weighted by Crippen LogP contribution is -2.16. The molecule has 1 aromatic heterocycles. The molecule has 0 atom stereocenters. The number of carboxylic acid groups (broad SMARTS) is 1. The number of nitrogens with one attached hydrogen (secondary N) is 1.